The summed E-state index contributed by atoms with van der Waals surface area (Å²) in [7, 11) is 2.78. The molecule has 2 rings (SSSR count). The largest absolute Gasteiger partial charge is 0.465 e. The van der Waals surface area contributed by atoms with Crippen LogP contribution < -0.4 is 16.0 Å². The van der Waals surface area contributed by atoms with Crippen molar-refractivity contribution in [3.63, 3.8) is 0 Å². The molecule has 0 aliphatic carbocycles. The molecule has 1 unspecified atom stereocenters. The molecule has 116 valence electrons. The number of piperidine rings is 1. The quantitative estimate of drug-likeness (QED) is 0.699. The van der Waals surface area contributed by atoms with E-state index in [1.165, 1.54) is 14.2 Å². The van der Waals surface area contributed by atoms with E-state index in [1.807, 2.05) is 4.90 Å². The van der Waals surface area contributed by atoms with Crippen LogP contribution in [0.2, 0.25) is 0 Å². The van der Waals surface area contributed by atoms with Crippen molar-refractivity contribution < 1.29 is 19.4 Å². The molecule has 1 fully saturated rings. The summed E-state index contributed by atoms with van der Waals surface area (Å²) in [6, 6.07) is 0. The number of hydrogen-bond acceptors (Lipinski definition) is 7. The number of nitrogens with two attached hydrogens (primary N) is 1. The molecular formula is C13H19N3O4S. The number of nitrogens with one attached hydrogen (secondary N) is 1. The fourth-order valence-corrected chi connectivity index (χ4v) is 3.57. The van der Waals surface area contributed by atoms with Crippen LogP contribution in [0.1, 0.15) is 32.9 Å². The highest BCUT2D eigenvalue weighted by atomic mass is 32.1. The van der Waals surface area contributed by atoms with Gasteiger partial charge in [-0.1, -0.05) is 0 Å². The second kappa shape index (κ2) is 6.31. The number of β-amino-alcohol motifs (C(OH)–C–C–N with tert-alkyl or cyclic N) is 1. The second-order valence-corrected chi connectivity index (χ2v) is 5.84. The average Bonchev–Trinajstić information content (AvgIpc) is 2.83. The molecule has 0 radical (unpaired) electrons. The molecule has 0 aromatic carbocycles. The summed E-state index contributed by atoms with van der Waals surface area (Å²) in [6.07, 6.45) is 1.10. The molecule has 1 aliphatic heterocycles. The molecule has 1 aliphatic rings. The third-order valence-corrected chi connectivity index (χ3v) is 4.70. The van der Waals surface area contributed by atoms with Crippen LogP contribution in [0.15, 0.2) is 0 Å². The number of hydrogen-bond donors (Lipinski definition) is 3. The fraction of sp³-hybridized carbons (Fsp3) is 0.538. The van der Waals surface area contributed by atoms with Gasteiger partial charge in [0.2, 0.25) is 0 Å². The van der Waals surface area contributed by atoms with Crippen LogP contribution in [0.3, 0.4) is 0 Å². The van der Waals surface area contributed by atoms with Gasteiger partial charge >= 0.3 is 5.97 Å². The van der Waals surface area contributed by atoms with Gasteiger partial charge in [-0.25, -0.2) is 4.79 Å². The van der Waals surface area contributed by atoms with Gasteiger partial charge < -0.3 is 25.8 Å². The molecule has 2 heterocycles. The van der Waals surface area contributed by atoms with Crippen LogP contribution in [-0.4, -0.2) is 50.3 Å². The van der Waals surface area contributed by atoms with Crippen LogP contribution in [0, 0.1) is 0 Å². The van der Waals surface area contributed by atoms with E-state index in [4.69, 9.17) is 10.5 Å². The number of methoxy groups -OCH3 is 1. The maximum absolute atomic E-state index is 12.0. The third-order valence-electron chi connectivity index (χ3n) is 3.43. The van der Waals surface area contributed by atoms with Crippen LogP contribution >= 0.6 is 11.3 Å². The Bertz CT molecular complexity index is 558. The van der Waals surface area contributed by atoms with E-state index in [-0.39, 0.29) is 22.0 Å². The van der Waals surface area contributed by atoms with Crippen molar-refractivity contribution in [2.75, 3.05) is 37.9 Å². The van der Waals surface area contributed by atoms with E-state index in [2.05, 4.69) is 5.32 Å². The van der Waals surface area contributed by atoms with E-state index in [0.717, 1.165) is 24.2 Å². The van der Waals surface area contributed by atoms with Crippen molar-refractivity contribution in [2.24, 2.45) is 0 Å². The number of nitrogen functional groups attached to an aromatic ring is 1. The lowest BCUT2D eigenvalue weighted by Crippen LogP contribution is -2.38. The molecule has 8 heteroatoms. The Morgan fingerprint density at radius 1 is 1.52 bits per heavy atom. The minimum atomic E-state index is -0.575. The minimum absolute atomic E-state index is 0.126. The van der Waals surface area contributed by atoms with Crippen LogP contribution in [0.4, 0.5) is 10.7 Å². The zero-order chi connectivity index (χ0) is 15.6. The van der Waals surface area contributed by atoms with E-state index >= 15 is 0 Å². The number of carbonyl (C=O) groups is 2. The molecule has 0 spiro atoms. The van der Waals surface area contributed by atoms with E-state index in [0.29, 0.717) is 18.1 Å². The maximum Gasteiger partial charge on any atom is 0.343 e. The Morgan fingerprint density at radius 2 is 2.24 bits per heavy atom. The first kappa shape index (κ1) is 15.6. The van der Waals surface area contributed by atoms with Crippen molar-refractivity contribution in [1.82, 2.24) is 5.32 Å². The second-order valence-electron chi connectivity index (χ2n) is 4.84. The summed E-state index contributed by atoms with van der Waals surface area (Å²) in [5.41, 5.74) is 6.29. The molecule has 1 amide bonds. The number of rotatable bonds is 3. The minimum Gasteiger partial charge on any atom is -0.465 e. The van der Waals surface area contributed by atoms with Crippen molar-refractivity contribution in [3.05, 3.63) is 10.4 Å². The number of carbonyl (C=O) groups excluding carboxylic acids is 2. The smallest absolute Gasteiger partial charge is 0.343 e. The Kier molecular flexibility index (Phi) is 4.69. The number of esters is 1. The lowest BCUT2D eigenvalue weighted by Gasteiger charge is -2.31. The summed E-state index contributed by atoms with van der Waals surface area (Å²) >= 11 is 1.15. The standard InChI is InChI=1S/C13H19N3O4S/c1-15-11(18)10-9(14)8(13(19)20-2)12(21-10)16-5-3-4-7(17)6-16/h7,17H,3-6,14H2,1-2H3,(H,15,18). The summed E-state index contributed by atoms with van der Waals surface area (Å²) in [5, 5.41) is 12.9. The average molecular weight is 313 g/mol. The van der Waals surface area contributed by atoms with Gasteiger partial charge in [-0.15, -0.1) is 11.3 Å². The summed E-state index contributed by atoms with van der Waals surface area (Å²) in [4.78, 5) is 26.0. The number of thiophene rings is 1. The van der Waals surface area contributed by atoms with Crippen LogP contribution in [0.25, 0.3) is 0 Å². The highest BCUT2D eigenvalue weighted by Crippen LogP contribution is 2.39. The molecule has 1 atom stereocenters. The highest BCUT2D eigenvalue weighted by Gasteiger charge is 2.30. The number of aliphatic hydroxyl groups excluding tert-OH is 1. The predicted molar refractivity (Wildman–Crippen MR) is 80.9 cm³/mol. The zero-order valence-electron chi connectivity index (χ0n) is 12.0. The van der Waals surface area contributed by atoms with Gasteiger partial charge in [-0.05, 0) is 12.8 Å². The zero-order valence-corrected chi connectivity index (χ0v) is 12.8. The first-order valence-corrected chi connectivity index (χ1v) is 7.46. The maximum atomic E-state index is 12.0. The van der Waals surface area contributed by atoms with Crippen molar-refractivity contribution in [1.29, 1.82) is 0 Å². The Balaban J connectivity index is 2.47. The summed E-state index contributed by atoms with van der Waals surface area (Å²) in [6.45, 7) is 1.12. The number of aliphatic hydroxyl groups is 1. The summed E-state index contributed by atoms with van der Waals surface area (Å²) in [5.74, 6) is -0.916. The normalized spacial score (nSPS) is 18.4. The van der Waals surface area contributed by atoms with Crippen LogP contribution in [-0.2, 0) is 4.74 Å². The monoisotopic (exact) mass is 313 g/mol. The molecule has 1 aromatic heterocycles. The SMILES string of the molecule is CNC(=O)c1sc(N2CCCC(O)C2)c(C(=O)OC)c1N. The molecule has 0 bridgehead atoms. The van der Waals surface area contributed by atoms with E-state index < -0.39 is 12.1 Å². The Hall–Kier alpha value is -1.80. The van der Waals surface area contributed by atoms with Crippen molar-refractivity contribution in [2.45, 2.75) is 18.9 Å². The van der Waals surface area contributed by atoms with Crippen molar-refractivity contribution in [3.8, 4) is 0 Å². The molecule has 4 N–H and O–H groups in total. The highest BCUT2D eigenvalue weighted by molar-refractivity contribution is 7.19. The van der Waals surface area contributed by atoms with Crippen molar-refractivity contribution >= 4 is 33.9 Å². The Morgan fingerprint density at radius 3 is 2.81 bits per heavy atom. The van der Waals surface area contributed by atoms with Gasteiger partial charge in [0.1, 0.15) is 15.4 Å². The third kappa shape index (κ3) is 2.96. The molecule has 1 saturated heterocycles. The number of ether oxygens (including phenoxy) is 1. The van der Waals surface area contributed by atoms with Gasteiger partial charge in [-0.3, -0.25) is 4.79 Å². The molecule has 21 heavy (non-hydrogen) atoms. The van der Waals surface area contributed by atoms with Gasteiger partial charge in [-0.2, -0.15) is 0 Å². The lowest BCUT2D eigenvalue weighted by atomic mass is 10.1. The van der Waals surface area contributed by atoms with Gasteiger partial charge in [0.15, 0.2) is 0 Å². The predicted octanol–water partition coefficient (Wildman–Crippen LogP) is 0.438. The Labute approximate surface area is 126 Å². The van der Waals surface area contributed by atoms with Gasteiger partial charge in [0, 0.05) is 20.1 Å². The van der Waals surface area contributed by atoms with Gasteiger partial charge in [0.25, 0.3) is 5.91 Å². The summed E-state index contributed by atoms with van der Waals surface area (Å²) < 4.78 is 4.77. The molecule has 1 aromatic rings. The molecule has 7 nitrogen and oxygen atoms in total. The number of anilines is 2. The van der Waals surface area contributed by atoms with Crippen LogP contribution in [0.5, 0.6) is 0 Å². The molecule has 0 saturated carbocycles. The van der Waals surface area contributed by atoms with Gasteiger partial charge in [0.05, 0.1) is 18.9 Å². The fourth-order valence-electron chi connectivity index (χ4n) is 2.37. The topological polar surface area (TPSA) is 105 Å². The number of nitrogens with zero attached hydrogens (tertiary/aromatic N) is 1. The number of amides is 1. The lowest BCUT2D eigenvalue weighted by molar-refractivity contribution is 0.0602. The molecular weight excluding hydrogens is 294 g/mol. The first-order chi connectivity index (χ1) is 9.99. The van der Waals surface area contributed by atoms with E-state index in [9.17, 15) is 14.7 Å². The van der Waals surface area contributed by atoms with E-state index in [1.54, 1.807) is 0 Å². The first-order valence-electron chi connectivity index (χ1n) is 6.65.